The minimum Gasteiger partial charge on any atom is -0.436 e. The van der Waals surface area contributed by atoms with Crippen LogP contribution >= 0.6 is 11.6 Å². The number of nitrogens with two attached hydrogens (primary N) is 1. The first-order chi connectivity index (χ1) is 23.0. The molecule has 11 nitrogen and oxygen atoms in total. The Morgan fingerprint density at radius 3 is 2.33 bits per heavy atom. The van der Waals surface area contributed by atoms with E-state index in [-0.39, 0.29) is 42.2 Å². The lowest BCUT2D eigenvalue weighted by molar-refractivity contribution is -0.143. The van der Waals surface area contributed by atoms with Crippen molar-refractivity contribution in [3.63, 3.8) is 0 Å². The molecule has 3 fully saturated rings. The summed E-state index contributed by atoms with van der Waals surface area (Å²) in [6.07, 6.45) is -4.10. The van der Waals surface area contributed by atoms with E-state index in [2.05, 4.69) is 15.5 Å². The third kappa shape index (κ3) is 7.60. The molecule has 260 valence electrons. The van der Waals surface area contributed by atoms with Crippen LogP contribution in [-0.4, -0.2) is 108 Å². The largest absolute Gasteiger partial charge is 0.436 e. The monoisotopic (exact) mass is 691 g/mol. The number of anilines is 2. The highest BCUT2D eigenvalue weighted by molar-refractivity contribution is 6.33. The number of hydrogen-bond acceptors (Lipinski definition) is 7. The van der Waals surface area contributed by atoms with Gasteiger partial charge in [-0.2, -0.15) is 13.2 Å². The molecule has 4 aliphatic heterocycles. The second-order valence-electron chi connectivity index (χ2n) is 12.9. The van der Waals surface area contributed by atoms with Gasteiger partial charge in [0.2, 0.25) is 0 Å². The number of carbonyl (C=O) groups excluding carboxylic acids is 3. The highest BCUT2D eigenvalue weighted by Gasteiger charge is 2.38. The summed E-state index contributed by atoms with van der Waals surface area (Å²) in [5.74, 6) is -0.464. The Morgan fingerprint density at radius 2 is 1.65 bits per heavy atom. The standard InChI is InChI=1S/C33H41ClF3N7O4/c34-26-18-21(17-25(29(26)38)33(35,36)37)19-28(30(45)42-15-13-41(14-16-42)23-5-9-39-10-6-23)48-32(47)43-11-7-24(8-12-43)44-20-22-3-1-2-4-27(22)40-31(44)46/h1-4,17-18,23-24,28,39H,5-16,19-20,38H2,(H,40,46). The fourth-order valence-corrected chi connectivity index (χ4v) is 7.42. The van der Waals surface area contributed by atoms with E-state index in [1.165, 1.54) is 11.0 Å². The Kier molecular flexibility index (Phi) is 10.2. The smallest absolute Gasteiger partial charge is 0.418 e. The Balaban J connectivity index is 1.13. The minimum atomic E-state index is -4.76. The molecule has 15 heteroatoms. The van der Waals surface area contributed by atoms with E-state index in [0.29, 0.717) is 51.6 Å². The van der Waals surface area contributed by atoms with Crippen molar-refractivity contribution >= 4 is 41.0 Å². The molecule has 4 aliphatic rings. The number of rotatable bonds is 6. The Labute approximate surface area is 282 Å². The van der Waals surface area contributed by atoms with Gasteiger partial charge in [-0.15, -0.1) is 0 Å². The maximum Gasteiger partial charge on any atom is 0.418 e. The highest BCUT2D eigenvalue weighted by atomic mass is 35.5. The van der Waals surface area contributed by atoms with Crippen LogP contribution in [0.25, 0.3) is 0 Å². The molecule has 4 heterocycles. The van der Waals surface area contributed by atoms with Gasteiger partial charge in [-0.1, -0.05) is 29.8 Å². The van der Waals surface area contributed by atoms with E-state index < -0.39 is 35.5 Å². The van der Waals surface area contributed by atoms with Crippen LogP contribution in [-0.2, 0) is 28.7 Å². The topological polar surface area (TPSA) is 123 Å². The molecule has 48 heavy (non-hydrogen) atoms. The second-order valence-corrected chi connectivity index (χ2v) is 13.3. The van der Waals surface area contributed by atoms with Crippen LogP contribution in [0, 0.1) is 0 Å². The molecule has 0 spiro atoms. The van der Waals surface area contributed by atoms with Gasteiger partial charge in [-0.25, -0.2) is 9.59 Å². The first-order valence-corrected chi connectivity index (χ1v) is 16.9. The van der Waals surface area contributed by atoms with Crippen LogP contribution in [0.4, 0.5) is 34.1 Å². The number of alkyl halides is 3. The minimum absolute atomic E-state index is 0.0797. The van der Waals surface area contributed by atoms with E-state index in [1.807, 2.05) is 24.3 Å². The third-order valence-corrected chi connectivity index (χ3v) is 10.2. The SMILES string of the molecule is Nc1c(Cl)cc(CC(OC(=O)N2CCC(N3Cc4ccccc4NC3=O)CC2)C(=O)N2CCN(C3CCNCC3)CC2)cc1C(F)(F)F. The van der Waals surface area contributed by atoms with E-state index in [4.69, 9.17) is 22.1 Å². The fraction of sp³-hybridized carbons (Fsp3) is 0.545. The lowest BCUT2D eigenvalue weighted by Crippen LogP contribution is -2.56. The number of fused-ring (bicyclic) bond motifs is 1. The number of piperidine rings is 2. The van der Waals surface area contributed by atoms with E-state index in [9.17, 15) is 27.6 Å². The summed E-state index contributed by atoms with van der Waals surface area (Å²) >= 11 is 6.09. The molecule has 2 aromatic carbocycles. The number of nitrogen functional groups attached to an aromatic ring is 1. The van der Waals surface area contributed by atoms with Gasteiger partial charge in [0.25, 0.3) is 5.91 Å². The highest BCUT2D eigenvalue weighted by Crippen LogP contribution is 2.38. The maximum absolute atomic E-state index is 13.9. The predicted octanol–water partition coefficient (Wildman–Crippen LogP) is 4.40. The summed E-state index contributed by atoms with van der Waals surface area (Å²) in [6.45, 7) is 5.08. The number of urea groups is 1. The van der Waals surface area contributed by atoms with Crippen molar-refractivity contribution in [1.29, 1.82) is 0 Å². The zero-order chi connectivity index (χ0) is 34.0. The number of ether oxygens (including phenoxy) is 1. The average Bonchev–Trinajstić information content (AvgIpc) is 3.09. The first kappa shape index (κ1) is 34.1. The molecule has 3 saturated heterocycles. The number of piperazine rings is 1. The van der Waals surface area contributed by atoms with E-state index in [1.54, 1.807) is 9.80 Å². The van der Waals surface area contributed by atoms with Crippen LogP contribution in [0.1, 0.15) is 42.4 Å². The molecule has 6 rings (SSSR count). The number of benzene rings is 2. The number of nitrogens with one attached hydrogen (secondary N) is 2. The van der Waals surface area contributed by atoms with Crippen molar-refractivity contribution in [3.05, 3.63) is 58.1 Å². The zero-order valence-corrected chi connectivity index (χ0v) is 27.4. The first-order valence-electron chi connectivity index (χ1n) is 16.5. The van der Waals surface area contributed by atoms with Gasteiger partial charge in [0.1, 0.15) is 0 Å². The van der Waals surface area contributed by atoms with Crippen molar-refractivity contribution in [3.8, 4) is 0 Å². The van der Waals surface area contributed by atoms with Crippen LogP contribution < -0.4 is 16.4 Å². The number of carbonyl (C=O) groups is 3. The summed E-state index contributed by atoms with van der Waals surface area (Å²) in [4.78, 5) is 47.5. The molecule has 0 saturated carbocycles. The van der Waals surface area contributed by atoms with Crippen LogP contribution in [0.2, 0.25) is 5.02 Å². The van der Waals surface area contributed by atoms with Crippen molar-refractivity contribution < 1.29 is 32.3 Å². The van der Waals surface area contributed by atoms with E-state index >= 15 is 0 Å². The molecule has 0 aromatic heterocycles. The van der Waals surface area contributed by atoms with Gasteiger partial charge >= 0.3 is 18.3 Å². The summed E-state index contributed by atoms with van der Waals surface area (Å²) in [7, 11) is 0. The molecule has 0 bridgehead atoms. The van der Waals surface area contributed by atoms with Gasteiger partial charge in [0, 0.05) is 70.0 Å². The van der Waals surface area contributed by atoms with Crippen molar-refractivity contribution in [2.24, 2.45) is 0 Å². The predicted molar refractivity (Wildman–Crippen MR) is 174 cm³/mol. The zero-order valence-electron chi connectivity index (χ0n) is 26.6. The number of likely N-dealkylation sites (tertiary alicyclic amines) is 1. The van der Waals surface area contributed by atoms with Gasteiger partial charge in [-0.3, -0.25) is 9.69 Å². The van der Waals surface area contributed by atoms with Crippen LogP contribution in [0.5, 0.6) is 0 Å². The summed E-state index contributed by atoms with van der Waals surface area (Å²) in [5.41, 5.74) is 5.80. The molecule has 4 amide bonds. The van der Waals surface area contributed by atoms with Gasteiger partial charge in [-0.05, 0) is 68.1 Å². The number of halogens is 4. The third-order valence-electron chi connectivity index (χ3n) is 9.91. The fourth-order valence-electron chi connectivity index (χ4n) is 7.18. The van der Waals surface area contributed by atoms with Crippen molar-refractivity contribution in [1.82, 2.24) is 24.9 Å². The Bertz CT molecular complexity index is 1510. The summed E-state index contributed by atoms with van der Waals surface area (Å²) < 4.78 is 47.1. The summed E-state index contributed by atoms with van der Waals surface area (Å²) in [5, 5.41) is 5.99. The van der Waals surface area contributed by atoms with Gasteiger partial charge in [0.15, 0.2) is 6.10 Å². The maximum atomic E-state index is 13.9. The average molecular weight is 692 g/mol. The van der Waals surface area contributed by atoms with Crippen molar-refractivity contribution in [2.45, 2.75) is 63.0 Å². The lowest BCUT2D eigenvalue weighted by Gasteiger charge is -2.42. The molecular formula is C33H41ClF3N7O4. The molecule has 0 radical (unpaired) electrons. The molecule has 0 aliphatic carbocycles. The van der Waals surface area contributed by atoms with Gasteiger partial charge in [0.05, 0.1) is 16.3 Å². The van der Waals surface area contributed by atoms with Crippen LogP contribution in [0.15, 0.2) is 36.4 Å². The number of hydrogen-bond donors (Lipinski definition) is 3. The molecule has 4 N–H and O–H groups in total. The Hall–Kier alpha value is -3.75. The van der Waals surface area contributed by atoms with E-state index in [0.717, 1.165) is 43.2 Å². The number of amides is 4. The van der Waals surface area contributed by atoms with Gasteiger partial charge < -0.3 is 35.8 Å². The van der Waals surface area contributed by atoms with Crippen LogP contribution in [0.3, 0.4) is 0 Å². The second kappa shape index (κ2) is 14.4. The summed E-state index contributed by atoms with van der Waals surface area (Å²) in [6, 6.07) is 9.88. The van der Waals surface area contributed by atoms with Crippen molar-refractivity contribution in [2.75, 3.05) is 63.4 Å². The molecule has 1 atom stereocenters. The quantitative estimate of drug-likeness (QED) is 0.384. The molecule has 1 unspecified atom stereocenters. The molecule has 2 aromatic rings. The number of para-hydroxylation sites is 1. The molecular weight excluding hydrogens is 651 g/mol. The number of nitrogens with zero attached hydrogens (tertiary/aromatic N) is 4. The lowest BCUT2D eigenvalue weighted by atomic mass is 10.0. The Morgan fingerprint density at radius 1 is 0.958 bits per heavy atom. The normalized spacial score (nSPS) is 20.7.